The van der Waals surface area contributed by atoms with Crippen LogP contribution in [0, 0.1) is 0 Å². The second kappa shape index (κ2) is 5.37. The molecule has 5 heteroatoms. The maximum atomic E-state index is 11.0. The van der Waals surface area contributed by atoms with E-state index in [2.05, 4.69) is 0 Å². The smallest absolute Gasteiger partial charge is 0.341 e. The third-order valence-electron chi connectivity index (χ3n) is 2.25. The molecule has 1 rings (SSSR count). The van der Waals surface area contributed by atoms with Crippen LogP contribution in [0.1, 0.15) is 23.7 Å². The van der Waals surface area contributed by atoms with E-state index in [1.165, 1.54) is 6.07 Å². The zero-order valence-electron chi connectivity index (χ0n) is 9.14. The topological polar surface area (TPSA) is 98.6 Å². The lowest BCUT2D eigenvalue weighted by molar-refractivity contribution is 0.0693. The van der Waals surface area contributed by atoms with Crippen molar-refractivity contribution < 1.29 is 14.6 Å². The molecule has 5 N–H and O–H groups in total. The highest BCUT2D eigenvalue weighted by atomic mass is 16.5. The number of nitrogen functional groups attached to an aromatic ring is 1. The summed E-state index contributed by atoms with van der Waals surface area (Å²) in [4.78, 5) is 11.0. The highest BCUT2D eigenvalue weighted by molar-refractivity contribution is 5.96. The molecule has 0 heterocycles. The molecule has 16 heavy (non-hydrogen) atoms. The fourth-order valence-electron chi connectivity index (χ4n) is 1.21. The van der Waals surface area contributed by atoms with Gasteiger partial charge in [-0.1, -0.05) is 13.0 Å². The zero-order valence-corrected chi connectivity index (χ0v) is 9.14. The third kappa shape index (κ3) is 2.87. The predicted molar refractivity (Wildman–Crippen MR) is 61.6 cm³/mol. The summed E-state index contributed by atoms with van der Waals surface area (Å²) in [6, 6.07) is 4.63. The van der Waals surface area contributed by atoms with Crippen LogP contribution in [0.2, 0.25) is 0 Å². The average molecular weight is 224 g/mol. The number of benzene rings is 1. The summed E-state index contributed by atoms with van der Waals surface area (Å²) in [5.41, 5.74) is 11.4. The number of nitrogens with two attached hydrogens (primary N) is 2. The van der Waals surface area contributed by atoms with Crippen molar-refractivity contribution in [3.8, 4) is 5.75 Å². The number of aromatic carboxylic acids is 1. The van der Waals surface area contributed by atoms with Gasteiger partial charge in [0.05, 0.1) is 0 Å². The van der Waals surface area contributed by atoms with Crippen molar-refractivity contribution in [3.63, 3.8) is 0 Å². The van der Waals surface area contributed by atoms with E-state index in [-0.39, 0.29) is 29.6 Å². The molecular formula is C11H16N2O3. The molecule has 0 radical (unpaired) electrons. The van der Waals surface area contributed by atoms with E-state index >= 15 is 0 Å². The normalized spacial score (nSPS) is 12.1. The summed E-state index contributed by atoms with van der Waals surface area (Å²) >= 11 is 0. The van der Waals surface area contributed by atoms with Crippen LogP contribution in [0.25, 0.3) is 0 Å². The van der Waals surface area contributed by atoms with E-state index in [1.807, 2.05) is 6.92 Å². The summed E-state index contributed by atoms with van der Waals surface area (Å²) in [6.07, 6.45) is 0.769. The molecule has 0 bridgehead atoms. The lowest BCUT2D eigenvalue weighted by Gasteiger charge is -2.13. The average Bonchev–Trinajstić information content (AvgIpc) is 2.25. The van der Waals surface area contributed by atoms with Crippen LogP contribution >= 0.6 is 0 Å². The number of carboxylic acids is 1. The van der Waals surface area contributed by atoms with Gasteiger partial charge in [0.15, 0.2) is 0 Å². The molecule has 0 fully saturated rings. The Labute approximate surface area is 94.0 Å². The van der Waals surface area contributed by atoms with E-state index in [4.69, 9.17) is 21.3 Å². The quantitative estimate of drug-likeness (QED) is 0.650. The number of rotatable bonds is 5. The molecular weight excluding hydrogens is 208 g/mol. The number of hydrogen-bond acceptors (Lipinski definition) is 4. The molecule has 0 unspecified atom stereocenters. The number of anilines is 1. The van der Waals surface area contributed by atoms with Crippen molar-refractivity contribution in [3.05, 3.63) is 23.8 Å². The number of carboxylic acid groups (broad SMARTS) is 1. The van der Waals surface area contributed by atoms with Crippen molar-refractivity contribution in [2.24, 2.45) is 5.73 Å². The van der Waals surface area contributed by atoms with Crippen LogP contribution in [0.15, 0.2) is 18.2 Å². The van der Waals surface area contributed by atoms with E-state index in [0.29, 0.717) is 0 Å². The van der Waals surface area contributed by atoms with Crippen molar-refractivity contribution in [2.75, 3.05) is 12.3 Å². The van der Waals surface area contributed by atoms with Gasteiger partial charge in [-0.25, -0.2) is 4.79 Å². The van der Waals surface area contributed by atoms with E-state index < -0.39 is 5.97 Å². The minimum Gasteiger partial charge on any atom is -0.491 e. The Balaban J connectivity index is 2.87. The first-order valence-corrected chi connectivity index (χ1v) is 5.06. The van der Waals surface area contributed by atoms with Gasteiger partial charge in [-0.05, 0) is 18.6 Å². The molecule has 0 aliphatic carbocycles. The second-order valence-corrected chi connectivity index (χ2v) is 3.50. The molecule has 0 saturated carbocycles. The lowest BCUT2D eigenvalue weighted by Crippen LogP contribution is -2.27. The highest BCUT2D eigenvalue weighted by Gasteiger charge is 2.15. The van der Waals surface area contributed by atoms with Crippen LogP contribution in [0.3, 0.4) is 0 Å². The number of carbonyl (C=O) groups is 1. The molecule has 0 amide bonds. The predicted octanol–water partition coefficient (Wildman–Crippen LogP) is 1.08. The van der Waals surface area contributed by atoms with Gasteiger partial charge in [0.25, 0.3) is 0 Å². The second-order valence-electron chi connectivity index (χ2n) is 3.50. The third-order valence-corrected chi connectivity index (χ3v) is 2.25. The summed E-state index contributed by atoms with van der Waals surface area (Å²) in [5, 5.41) is 8.98. The van der Waals surface area contributed by atoms with Crippen molar-refractivity contribution in [2.45, 2.75) is 19.4 Å². The maximum absolute atomic E-state index is 11.0. The van der Waals surface area contributed by atoms with Gasteiger partial charge in [-0.2, -0.15) is 0 Å². The molecule has 0 aliphatic rings. The Morgan fingerprint density at radius 1 is 1.56 bits per heavy atom. The van der Waals surface area contributed by atoms with Crippen molar-refractivity contribution >= 4 is 11.7 Å². The van der Waals surface area contributed by atoms with Crippen molar-refractivity contribution in [1.29, 1.82) is 0 Å². The summed E-state index contributed by atoms with van der Waals surface area (Å²) in [5.74, 6) is -0.838. The van der Waals surface area contributed by atoms with Crippen LogP contribution in [-0.4, -0.2) is 23.7 Å². The highest BCUT2D eigenvalue weighted by Crippen LogP contribution is 2.24. The SMILES string of the molecule is CC[C@H](N)COc1cccc(N)c1C(=O)O. The van der Waals surface area contributed by atoms with Gasteiger partial charge in [-0.3, -0.25) is 0 Å². The first-order chi connectivity index (χ1) is 7.56. The molecule has 88 valence electrons. The first kappa shape index (κ1) is 12.3. The Hall–Kier alpha value is -1.75. The van der Waals surface area contributed by atoms with Gasteiger partial charge < -0.3 is 21.3 Å². The molecule has 1 atom stereocenters. The molecule has 0 aromatic heterocycles. The van der Waals surface area contributed by atoms with Crippen LogP contribution < -0.4 is 16.2 Å². The molecule has 1 aromatic rings. The van der Waals surface area contributed by atoms with Gasteiger partial charge in [0.1, 0.15) is 17.9 Å². The lowest BCUT2D eigenvalue weighted by atomic mass is 10.1. The molecule has 1 aromatic carbocycles. The first-order valence-electron chi connectivity index (χ1n) is 5.06. The Kier molecular flexibility index (Phi) is 4.13. The van der Waals surface area contributed by atoms with E-state index in [0.717, 1.165) is 6.42 Å². The summed E-state index contributed by atoms with van der Waals surface area (Å²) < 4.78 is 5.35. The van der Waals surface area contributed by atoms with Gasteiger partial charge in [0, 0.05) is 11.7 Å². The maximum Gasteiger partial charge on any atom is 0.341 e. The fourth-order valence-corrected chi connectivity index (χ4v) is 1.21. The van der Waals surface area contributed by atoms with Crippen molar-refractivity contribution in [1.82, 2.24) is 0 Å². The van der Waals surface area contributed by atoms with Crippen LogP contribution in [-0.2, 0) is 0 Å². The van der Waals surface area contributed by atoms with Gasteiger partial charge in [-0.15, -0.1) is 0 Å². The van der Waals surface area contributed by atoms with Crippen LogP contribution in [0.5, 0.6) is 5.75 Å². The number of hydrogen-bond donors (Lipinski definition) is 3. The monoisotopic (exact) mass is 224 g/mol. The molecule has 0 spiro atoms. The molecule has 5 nitrogen and oxygen atoms in total. The fraction of sp³-hybridized carbons (Fsp3) is 0.364. The van der Waals surface area contributed by atoms with Gasteiger partial charge >= 0.3 is 5.97 Å². The Morgan fingerprint density at radius 2 is 2.25 bits per heavy atom. The Morgan fingerprint density at radius 3 is 2.81 bits per heavy atom. The number of ether oxygens (including phenoxy) is 1. The summed E-state index contributed by atoms with van der Waals surface area (Å²) in [7, 11) is 0. The van der Waals surface area contributed by atoms with E-state index in [9.17, 15) is 4.79 Å². The molecule has 0 saturated heterocycles. The minimum absolute atomic E-state index is 0.00852. The van der Waals surface area contributed by atoms with Crippen LogP contribution in [0.4, 0.5) is 5.69 Å². The van der Waals surface area contributed by atoms with Gasteiger partial charge in [0.2, 0.25) is 0 Å². The summed E-state index contributed by atoms with van der Waals surface area (Å²) in [6.45, 7) is 2.21. The minimum atomic E-state index is -1.10. The van der Waals surface area contributed by atoms with E-state index in [1.54, 1.807) is 12.1 Å². The zero-order chi connectivity index (χ0) is 12.1. The largest absolute Gasteiger partial charge is 0.491 e. The Bertz CT molecular complexity index is 379. The standard InChI is InChI=1S/C11H16N2O3/c1-2-7(12)6-16-9-5-3-4-8(13)10(9)11(14)15/h3-5,7H,2,6,12-13H2,1H3,(H,14,15)/t7-/m0/s1. The molecule has 0 aliphatic heterocycles.